The molecule has 0 aromatic heterocycles. The Kier molecular flexibility index (Phi) is 4.40. The van der Waals surface area contributed by atoms with Crippen LogP contribution in [0.25, 0.3) is 0 Å². The molecule has 3 aliphatic rings. The van der Waals surface area contributed by atoms with Crippen LogP contribution in [-0.4, -0.2) is 25.2 Å². The number of quaternary nitrogens is 1. The Labute approximate surface area is 106 Å². The Hall–Kier alpha value is -0.460. The van der Waals surface area contributed by atoms with Crippen LogP contribution in [-0.2, 0) is 9.30 Å². The summed E-state index contributed by atoms with van der Waals surface area (Å²) < 4.78 is 14.0. The summed E-state index contributed by atoms with van der Waals surface area (Å²) in [7, 11) is -5.39. The monoisotopic (exact) mass is 276 g/mol. The standard InChI is InChI=1S/C10H16N2O.H3O4P/c1-2-7(1)9(8-3-4-8)12-10-11-5-6-13-10;1-5(2,3)4/h7-9H,1-6H2,(H,11,12);(H3,1,2,3,4)/p-2. The SMILES string of the molecule is C1COC([NH2+]C(C2CC2)C2CC2)=N1.O=P([O-])([O-])[O-]. The highest BCUT2D eigenvalue weighted by Crippen LogP contribution is 2.42. The van der Waals surface area contributed by atoms with Gasteiger partial charge in [0, 0.05) is 11.8 Å². The van der Waals surface area contributed by atoms with E-state index in [2.05, 4.69) is 10.3 Å². The summed E-state index contributed by atoms with van der Waals surface area (Å²) in [5, 5.41) is 2.31. The van der Waals surface area contributed by atoms with Gasteiger partial charge in [0.1, 0.15) is 6.61 Å². The van der Waals surface area contributed by atoms with Crippen LogP contribution in [0, 0.1) is 11.8 Å². The third-order valence-electron chi connectivity index (χ3n) is 3.28. The minimum atomic E-state index is -5.39. The van der Waals surface area contributed by atoms with Crippen molar-refractivity contribution in [2.75, 3.05) is 13.2 Å². The fraction of sp³-hybridized carbons (Fsp3) is 0.900. The molecule has 0 bridgehead atoms. The first-order valence-corrected chi connectivity index (χ1v) is 7.65. The highest BCUT2D eigenvalue weighted by Gasteiger charge is 2.45. The first-order chi connectivity index (χ1) is 8.43. The second-order valence-corrected chi connectivity index (χ2v) is 5.83. The molecule has 1 aliphatic heterocycles. The average molecular weight is 276 g/mol. The van der Waals surface area contributed by atoms with E-state index >= 15 is 0 Å². The van der Waals surface area contributed by atoms with E-state index in [4.69, 9.17) is 24.0 Å². The van der Waals surface area contributed by atoms with E-state index in [0.717, 1.165) is 37.1 Å². The summed E-state index contributed by atoms with van der Waals surface area (Å²) in [5.74, 6) is 1.94. The van der Waals surface area contributed by atoms with Crippen molar-refractivity contribution in [1.82, 2.24) is 0 Å². The van der Waals surface area contributed by atoms with Gasteiger partial charge in [-0.3, -0.25) is 5.32 Å². The lowest BCUT2D eigenvalue weighted by Gasteiger charge is -2.36. The van der Waals surface area contributed by atoms with Gasteiger partial charge < -0.3 is 24.0 Å². The molecule has 0 aromatic carbocycles. The highest BCUT2D eigenvalue weighted by atomic mass is 31.2. The Balaban J connectivity index is 0.000000209. The summed E-state index contributed by atoms with van der Waals surface area (Å²) >= 11 is 0. The third kappa shape index (κ3) is 5.46. The molecule has 2 aliphatic carbocycles. The van der Waals surface area contributed by atoms with E-state index < -0.39 is 7.82 Å². The number of amidine groups is 1. The van der Waals surface area contributed by atoms with Crippen LogP contribution in [0.5, 0.6) is 0 Å². The fourth-order valence-corrected chi connectivity index (χ4v) is 2.24. The zero-order chi connectivity index (χ0) is 13.2. The van der Waals surface area contributed by atoms with Crippen LogP contribution in [0.2, 0.25) is 0 Å². The first kappa shape index (κ1) is 14.0. The van der Waals surface area contributed by atoms with Crippen LogP contribution in [0.3, 0.4) is 0 Å². The molecular weight excluding hydrogens is 259 g/mol. The quantitative estimate of drug-likeness (QED) is 0.561. The zero-order valence-electron chi connectivity index (χ0n) is 9.99. The number of nitrogens with zero attached hydrogens (tertiary/aromatic N) is 1. The van der Waals surface area contributed by atoms with E-state index in [1.54, 1.807) is 0 Å². The van der Waals surface area contributed by atoms with E-state index in [0.29, 0.717) is 0 Å². The maximum absolute atomic E-state index is 8.55. The lowest BCUT2D eigenvalue weighted by atomic mass is 10.1. The molecule has 3 rings (SSSR count). The minimum Gasteiger partial charge on any atom is -0.822 e. The van der Waals surface area contributed by atoms with Crippen molar-refractivity contribution in [2.24, 2.45) is 16.8 Å². The van der Waals surface area contributed by atoms with Gasteiger partial charge >= 0.3 is 6.02 Å². The smallest absolute Gasteiger partial charge is 0.391 e. The van der Waals surface area contributed by atoms with Gasteiger partial charge in [0.15, 0.2) is 0 Å². The number of rotatable bonds is 3. The van der Waals surface area contributed by atoms with Gasteiger partial charge in [0.2, 0.25) is 0 Å². The molecule has 0 unspecified atom stereocenters. The van der Waals surface area contributed by atoms with Crippen LogP contribution < -0.4 is 20.0 Å². The molecule has 7 nitrogen and oxygen atoms in total. The van der Waals surface area contributed by atoms with Gasteiger partial charge in [-0.1, -0.05) is 0 Å². The Bertz CT molecular complexity index is 341. The lowest BCUT2D eigenvalue weighted by Crippen LogP contribution is -2.94. The Morgan fingerprint density at radius 1 is 1.22 bits per heavy atom. The van der Waals surface area contributed by atoms with Crippen molar-refractivity contribution in [3.8, 4) is 0 Å². The zero-order valence-corrected chi connectivity index (χ0v) is 10.9. The second kappa shape index (κ2) is 5.67. The summed E-state index contributed by atoms with van der Waals surface area (Å²) in [6, 6.07) is 1.74. The van der Waals surface area contributed by atoms with Gasteiger partial charge in [-0.25, -0.2) is 0 Å². The minimum absolute atomic E-state index is 0.799. The van der Waals surface area contributed by atoms with E-state index in [-0.39, 0.29) is 0 Å². The van der Waals surface area contributed by atoms with Gasteiger partial charge in [0.25, 0.3) is 0 Å². The van der Waals surface area contributed by atoms with Crippen molar-refractivity contribution in [3.63, 3.8) is 0 Å². The van der Waals surface area contributed by atoms with Gasteiger partial charge in [-0.2, -0.15) is 12.8 Å². The largest absolute Gasteiger partial charge is 0.822 e. The average Bonchev–Trinajstić information content (AvgIpc) is 3.14. The molecule has 8 heteroatoms. The van der Waals surface area contributed by atoms with Crippen molar-refractivity contribution >= 4 is 13.8 Å². The van der Waals surface area contributed by atoms with Crippen LogP contribution >= 0.6 is 7.82 Å². The molecule has 2 N–H and O–H groups in total. The highest BCUT2D eigenvalue weighted by molar-refractivity contribution is 7.40. The van der Waals surface area contributed by atoms with Crippen LogP contribution in [0.15, 0.2) is 4.99 Å². The molecular formula is C10H17N2O5P-2. The molecule has 0 radical (unpaired) electrons. The van der Waals surface area contributed by atoms with Gasteiger partial charge in [0.05, 0.1) is 12.6 Å². The number of phosphoric acid groups is 1. The van der Waals surface area contributed by atoms with E-state index in [1.807, 2.05) is 0 Å². The Morgan fingerprint density at radius 2 is 1.72 bits per heavy atom. The van der Waals surface area contributed by atoms with Crippen molar-refractivity contribution in [3.05, 3.63) is 0 Å². The maximum atomic E-state index is 8.55. The van der Waals surface area contributed by atoms with Crippen molar-refractivity contribution in [1.29, 1.82) is 0 Å². The number of ether oxygens (including phenoxy) is 1. The van der Waals surface area contributed by atoms with Crippen LogP contribution in [0.4, 0.5) is 0 Å². The van der Waals surface area contributed by atoms with Crippen molar-refractivity contribution < 1.29 is 29.3 Å². The third-order valence-corrected chi connectivity index (χ3v) is 3.28. The molecule has 2 saturated carbocycles. The molecule has 0 spiro atoms. The topological polar surface area (TPSA) is 124 Å². The molecule has 0 amide bonds. The fourth-order valence-electron chi connectivity index (χ4n) is 2.24. The summed E-state index contributed by atoms with van der Waals surface area (Å²) in [6.45, 7) is 1.67. The van der Waals surface area contributed by atoms with E-state index in [1.165, 1.54) is 25.7 Å². The Morgan fingerprint density at radius 3 is 2.06 bits per heavy atom. The predicted molar refractivity (Wildman–Crippen MR) is 57.0 cm³/mol. The summed E-state index contributed by atoms with van der Waals surface area (Å²) in [4.78, 5) is 30.0. The lowest BCUT2D eigenvalue weighted by molar-refractivity contribution is -0.603. The molecule has 104 valence electrons. The molecule has 18 heavy (non-hydrogen) atoms. The maximum Gasteiger partial charge on any atom is 0.391 e. The summed E-state index contributed by atoms with van der Waals surface area (Å²) in [5.41, 5.74) is 0. The number of aliphatic imine (C=N–C) groups is 1. The van der Waals surface area contributed by atoms with Crippen LogP contribution in [0.1, 0.15) is 25.7 Å². The molecule has 0 atom stereocenters. The normalized spacial score (nSPS) is 23.2. The number of hydrogen-bond donors (Lipinski definition) is 1. The van der Waals surface area contributed by atoms with Crippen molar-refractivity contribution in [2.45, 2.75) is 31.7 Å². The van der Waals surface area contributed by atoms with Gasteiger partial charge in [-0.05, 0) is 25.7 Å². The second-order valence-electron chi connectivity index (χ2n) is 4.93. The van der Waals surface area contributed by atoms with E-state index in [9.17, 15) is 0 Å². The molecule has 0 saturated heterocycles. The summed E-state index contributed by atoms with van der Waals surface area (Å²) in [6.07, 6.45) is 5.74. The van der Waals surface area contributed by atoms with Gasteiger partial charge in [-0.15, -0.1) is 0 Å². The number of hydrogen-bond acceptors (Lipinski definition) is 6. The predicted octanol–water partition coefficient (Wildman–Crippen LogP) is -2.70. The first-order valence-electron chi connectivity index (χ1n) is 6.18. The molecule has 1 heterocycles. The molecule has 0 aromatic rings. The molecule has 2 fully saturated rings. The number of nitrogens with two attached hydrogens (primary N) is 1.